The second-order valence-corrected chi connectivity index (χ2v) is 19.2. The van der Waals surface area contributed by atoms with E-state index < -0.39 is 54.5 Å². The molecule has 0 bridgehead atoms. The zero-order valence-corrected chi connectivity index (χ0v) is 41.1. The molecule has 71 heavy (non-hydrogen) atoms. The van der Waals surface area contributed by atoms with Crippen molar-refractivity contribution in [3.8, 4) is 0 Å². The van der Waals surface area contributed by atoms with Crippen LogP contribution in [0.4, 0.5) is 0 Å². The molecule has 368 valence electrons. The minimum Gasteiger partial charge on any atom is -0.374 e. The number of hydrogen-bond donors (Lipinski definition) is 0. The summed E-state index contributed by atoms with van der Waals surface area (Å²) in [5.41, 5.74) is 6.98. The van der Waals surface area contributed by atoms with Gasteiger partial charge in [0.15, 0.2) is 6.29 Å². The summed E-state index contributed by atoms with van der Waals surface area (Å²) in [6, 6.07) is 69.6. The van der Waals surface area contributed by atoms with Crippen LogP contribution in [0.2, 0.25) is 0 Å². The summed E-state index contributed by atoms with van der Waals surface area (Å²) in [5, 5.41) is 0. The van der Waals surface area contributed by atoms with Crippen molar-refractivity contribution in [3.63, 3.8) is 0 Å². The molecule has 0 aliphatic carbocycles. The highest BCUT2D eigenvalue weighted by Crippen LogP contribution is 2.39. The Hall–Kier alpha value is -5.47. The van der Waals surface area contributed by atoms with Crippen molar-refractivity contribution < 1.29 is 42.6 Å². The first-order chi connectivity index (χ1) is 35.1. The second-order valence-electron chi connectivity index (χ2n) is 18.0. The minimum absolute atomic E-state index is 0.129. The molecule has 2 saturated heterocycles. The third-order valence-electron chi connectivity index (χ3n) is 12.6. The Morgan fingerprint density at radius 1 is 0.380 bits per heavy atom. The number of thioether (sulfide) groups is 1. The first-order valence-corrected chi connectivity index (χ1v) is 25.5. The molecule has 2 aliphatic heterocycles. The van der Waals surface area contributed by atoms with Crippen LogP contribution < -0.4 is 0 Å². The van der Waals surface area contributed by atoms with Crippen LogP contribution in [0.5, 0.6) is 0 Å². The number of hydrogen-bond acceptors (Lipinski definition) is 10. The van der Waals surface area contributed by atoms with Crippen LogP contribution in [0.3, 0.4) is 0 Å². The van der Waals surface area contributed by atoms with E-state index in [1.165, 1.54) is 5.56 Å². The maximum atomic E-state index is 7.25. The molecule has 0 saturated carbocycles. The van der Waals surface area contributed by atoms with Gasteiger partial charge < -0.3 is 42.6 Å². The van der Waals surface area contributed by atoms with Crippen molar-refractivity contribution >= 4 is 11.8 Å². The Labute approximate surface area is 423 Å². The van der Waals surface area contributed by atoms with Gasteiger partial charge in [0.1, 0.15) is 42.1 Å². The second kappa shape index (κ2) is 26.8. The molecule has 0 unspecified atom stereocenters. The molecule has 2 fully saturated rings. The van der Waals surface area contributed by atoms with Crippen LogP contribution in [0.15, 0.2) is 211 Å². The zero-order chi connectivity index (χ0) is 48.3. The zero-order valence-electron chi connectivity index (χ0n) is 40.3. The van der Waals surface area contributed by atoms with Crippen molar-refractivity contribution in [1.82, 2.24) is 0 Å². The lowest BCUT2D eigenvalue weighted by atomic mass is 9.98. The molecule has 0 radical (unpaired) electrons. The van der Waals surface area contributed by atoms with Gasteiger partial charge >= 0.3 is 0 Å². The van der Waals surface area contributed by atoms with Crippen LogP contribution in [0.1, 0.15) is 45.4 Å². The fourth-order valence-corrected chi connectivity index (χ4v) is 9.98. The molecule has 9 nitrogen and oxygen atoms in total. The third kappa shape index (κ3) is 15.3. The highest BCUT2D eigenvalue weighted by molar-refractivity contribution is 7.99. The Balaban J connectivity index is 1.02. The predicted octanol–water partition coefficient (Wildman–Crippen LogP) is 12.1. The van der Waals surface area contributed by atoms with Crippen LogP contribution in [0.25, 0.3) is 0 Å². The van der Waals surface area contributed by atoms with Gasteiger partial charge in [0.05, 0.1) is 59.0 Å². The molecule has 0 spiro atoms. The molecule has 2 heterocycles. The molecule has 0 N–H and O–H groups in total. The van der Waals surface area contributed by atoms with Crippen molar-refractivity contribution in [2.24, 2.45) is 0 Å². The maximum absolute atomic E-state index is 7.25. The molecule has 9 atom stereocenters. The SMILES string of the molecule is Cc1ccc(S[C@@H]2O[C@H](CO[C@@H]3C[C@@H](OCc4ccccc4)[C@H](OCc4ccccc4)[C@@H](COCc4ccccc4)O3)[C@@H](OCc3ccccc3)[C@H](OCc3ccccc3)[C@H]2OCc2ccccc2)cc1. The maximum Gasteiger partial charge on any atom is 0.160 e. The number of ether oxygens (including phenoxy) is 9. The highest BCUT2D eigenvalue weighted by atomic mass is 32.2. The van der Waals surface area contributed by atoms with Gasteiger partial charge in [0.2, 0.25) is 0 Å². The Bertz CT molecular complexity index is 2540. The average Bonchev–Trinajstić information content (AvgIpc) is 3.42. The lowest BCUT2D eigenvalue weighted by Crippen LogP contribution is -2.61. The summed E-state index contributed by atoms with van der Waals surface area (Å²) < 4.78 is 62.2. The first kappa shape index (κ1) is 50.5. The molecule has 9 rings (SSSR count). The summed E-state index contributed by atoms with van der Waals surface area (Å²) in [5.74, 6) is 0. The summed E-state index contributed by atoms with van der Waals surface area (Å²) in [4.78, 5) is 1.05. The quantitative estimate of drug-likeness (QED) is 0.0584. The van der Waals surface area contributed by atoms with Crippen molar-refractivity contribution in [3.05, 3.63) is 245 Å². The number of benzene rings is 7. The van der Waals surface area contributed by atoms with Crippen LogP contribution in [-0.2, 0) is 82.3 Å². The number of aryl methyl sites for hydroxylation is 1. The van der Waals surface area contributed by atoms with E-state index in [9.17, 15) is 0 Å². The third-order valence-corrected chi connectivity index (χ3v) is 13.8. The summed E-state index contributed by atoms with van der Waals surface area (Å²) in [7, 11) is 0. The van der Waals surface area contributed by atoms with Gasteiger partial charge in [-0.15, -0.1) is 0 Å². The van der Waals surface area contributed by atoms with Gasteiger partial charge in [-0.3, -0.25) is 0 Å². The molecule has 7 aromatic carbocycles. The van der Waals surface area contributed by atoms with Crippen molar-refractivity contribution in [2.75, 3.05) is 13.2 Å². The molecule has 0 aromatic heterocycles. The van der Waals surface area contributed by atoms with E-state index in [-0.39, 0.29) is 13.2 Å². The molecule has 0 amide bonds. The Kier molecular flexibility index (Phi) is 19.1. The predicted molar refractivity (Wildman–Crippen MR) is 276 cm³/mol. The Morgan fingerprint density at radius 2 is 0.775 bits per heavy atom. The fraction of sp³-hybridized carbons (Fsp3) is 0.311. The smallest absolute Gasteiger partial charge is 0.160 e. The standard InChI is InChI=1S/C61H64O9S/c1-45-32-34-52(35-33-45)71-61-60(68-42-51-30-18-7-19-31-51)59(67-41-50-28-16-6-17-29-50)58(66-40-49-26-14-5-15-27-49)55(70-61)44-64-56-36-53(63-38-47-22-10-3-11-23-47)57(65-39-48-24-12-4-13-25-48)54(69-56)43-62-37-46-20-8-2-9-21-46/h2-35,53-61H,36-44H2,1H3/t53-,54-,55-,56+,57+,58-,59+,60-,61+/m1/s1. The van der Waals surface area contributed by atoms with Gasteiger partial charge in [-0.1, -0.05) is 211 Å². The minimum atomic E-state index is -0.699. The average molecular weight is 973 g/mol. The van der Waals surface area contributed by atoms with Crippen LogP contribution >= 0.6 is 11.8 Å². The molecular weight excluding hydrogens is 909 g/mol. The van der Waals surface area contributed by atoms with Gasteiger partial charge in [0.25, 0.3) is 0 Å². The normalized spacial score (nSPS) is 23.3. The first-order valence-electron chi connectivity index (χ1n) is 24.6. The largest absolute Gasteiger partial charge is 0.374 e. The lowest BCUT2D eigenvalue weighted by molar-refractivity contribution is -0.297. The van der Waals surface area contributed by atoms with Gasteiger partial charge in [-0.25, -0.2) is 0 Å². The van der Waals surface area contributed by atoms with Gasteiger partial charge in [-0.2, -0.15) is 0 Å². The highest BCUT2D eigenvalue weighted by Gasteiger charge is 2.50. The van der Waals surface area contributed by atoms with Gasteiger partial charge in [0, 0.05) is 11.3 Å². The lowest BCUT2D eigenvalue weighted by Gasteiger charge is -2.46. The Morgan fingerprint density at radius 3 is 1.25 bits per heavy atom. The van der Waals surface area contributed by atoms with E-state index in [4.69, 9.17) is 42.6 Å². The monoisotopic (exact) mass is 972 g/mol. The van der Waals surface area contributed by atoms with E-state index in [0.29, 0.717) is 46.1 Å². The summed E-state index contributed by atoms with van der Waals surface area (Å²) >= 11 is 1.62. The topological polar surface area (TPSA) is 83.1 Å². The molecule has 2 aliphatic rings. The van der Waals surface area contributed by atoms with Crippen LogP contribution in [-0.4, -0.2) is 67.7 Å². The van der Waals surface area contributed by atoms with E-state index in [1.54, 1.807) is 11.8 Å². The van der Waals surface area contributed by atoms with E-state index >= 15 is 0 Å². The number of rotatable bonds is 24. The molecule has 10 heteroatoms. The molecule has 7 aromatic rings. The van der Waals surface area contributed by atoms with E-state index in [1.807, 2.05) is 109 Å². The van der Waals surface area contributed by atoms with Crippen LogP contribution in [0, 0.1) is 6.92 Å². The van der Waals surface area contributed by atoms with Gasteiger partial charge in [-0.05, 0) is 52.4 Å². The fourth-order valence-electron chi connectivity index (χ4n) is 8.85. The van der Waals surface area contributed by atoms with Crippen molar-refractivity contribution in [1.29, 1.82) is 0 Å². The van der Waals surface area contributed by atoms with E-state index in [0.717, 1.165) is 38.3 Å². The molecular formula is C61H64O9S. The van der Waals surface area contributed by atoms with Crippen molar-refractivity contribution in [2.45, 2.75) is 112 Å². The summed E-state index contributed by atoms with van der Waals surface area (Å²) in [6.45, 7) is 4.71. The summed E-state index contributed by atoms with van der Waals surface area (Å²) in [6.07, 6.45) is -4.02. The van der Waals surface area contributed by atoms with E-state index in [2.05, 4.69) is 104 Å².